The van der Waals surface area contributed by atoms with Crippen LogP contribution in [0.25, 0.3) is 10.9 Å². The zero-order valence-corrected chi connectivity index (χ0v) is 13.3. The van der Waals surface area contributed by atoms with E-state index in [-0.39, 0.29) is 6.04 Å². The molecule has 0 radical (unpaired) electrons. The maximum absolute atomic E-state index is 11.6. The lowest BCUT2D eigenvalue weighted by molar-refractivity contribution is -0.139. The first kappa shape index (κ1) is 15.0. The highest BCUT2D eigenvalue weighted by atomic mass is 16.4. The second-order valence-corrected chi connectivity index (χ2v) is 6.40. The number of aliphatic carboxylic acids is 1. The summed E-state index contributed by atoms with van der Waals surface area (Å²) in [6.45, 7) is 0. The van der Waals surface area contributed by atoms with Crippen LogP contribution in [0, 0.1) is 0 Å². The van der Waals surface area contributed by atoms with Gasteiger partial charge in [-0.3, -0.25) is 10.1 Å². The Kier molecular flexibility index (Phi) is 3.82. The van der Waals surface area contributed by atoms with E-state index in [4.69, 9.17) is 0 Å². The smallest absolute Gasteiger partial charge is 0.321 e. The van der Waals surface area contributed by atoms with Crippen LogP contribution in [0.2, 0.25) is 0 Å². The molecule has 2 aromatic carbocycles. The molecule has 0 aliphatic carbocycles. The molecule has 4 nitrogen and oxygen atoms in total. The van der Waals surface area contributed by atoms with Gasteiger partial charge in [0.1, 0.15) is 6.04 Å². The summed E-state index contributed by atoms with van der Waals surface area (Å²) >= 11 is 0. The van der Waals surface area contributed by atoms with Crippen LogP contribution >= 0.6 is 0 Å². The molecule has 0 bridgehead atoms. The Morgan fingerprint density at radius 1 is 1.08 bits per heavy atom. The van der Waals surface area contributed by atoms with Gasteiger partial charge in [-0.1, -0.05) is 48.5 Å². The van der Waals surface area contributed by atoms with Gasteiger partial charge in [0.2, 0.25) is 0 Å². The Morgan fingerprint density at radius 3 is 2.62 bits per heavy atom. The number of carboxylic acid groups (broad SMARTS) is 1. The lowest BCUT2D eigenvalue weighted by Gasteiger charge is -2.29. The number of fused-ring (bicyclic) bond motifs is 3. The SMILES string of the molecule is O=C(O)[C@H]1Cc2c([nH]c3ccccc23)[C@H](CCc2ccccc2)N1. The molecule has 0 saturated heterocycles. The fourth-order valence-electron chi connectivity index (χ4n) is 3.67. The summed E-state index contributed by atoms with van der Waals surface area (Å²) in [7, 11) is 0. The number of aromatic amines is 1. The van der Waals surface area contributed by atoms with Gasteiger partial charge in [0.25, 0.3) is 0 Å². The highest BCUT2D eigenvalue weighted by Gasteiger charge is 2.32. The minimum absolute atomic E-state index is 0.0301. The van der Waals surface area contributed by atoms with Crippen LogP contribution in [0.3, 0.4) is 0 Å². The fourth-order valence-corrected chi connectivity index (χ4v) is 3.67. The molecule has 4 heteroatoms. The van der Waals surface area contributed by atoms with E-state index in [0.29, 0.717) is 6.42 Å². The first-order valence-corrected chi connectivity index (χ1v) is 8.34. The molecule has 0 saturated carbocycles. The van der Waals surface area contributed by atoms with Crippen LogP contribution in [-0.4, -0.2) is 22.1 Å². The molecule has 0 amide bonds. The molecule has 1 aromatic heterocycles. The third-order valence-corrected chi connectivity index (χ3v) is 4.87. The van der Waals surface area contributed by atoms with Gasteiger partial charge in [-0.2, -0.15) is 0 Å². The van der Waals surface area contributed by atoms with Crippen molar-refractivity contribution in [3.63, 3.8) is 0 Å². The second kappa shape index (κ2) is 6.13. The summed E-state index contributed by atoms with van der Waals surface area (Å²) in [5.74, 6) is -0.782. The number of nitrogens with one attached hydrogen (secondary N) is 2. The molecule has 1 aliphatic heterocycles. The molecular formula is C20H20N2O2. The van der Waals surface area contributed by atoms with Crippen LogP contribution in [0.1, 0.15) is 29.3 Å². The Bertz CT molecular complexity index is 870. The number of carbonyl (C=O) groups is 1. The fraction of sp³-hybridized carbons (Fsp3) is 0.250. The Labute approximate surface area is 140 Å². The van der Waals surface area contributed by atoms with E-state index in [0.717, 1.165) is 35.0 Å². The molecule has 2 atom stereocenters. The average molecular weight is 320 g/mol. The summed E-state index contributed by atoms with van der Waals surface area (Å²) in [5, 5.41) is 14.0. The highest BCUT2D eigenvalue weighted by molar-refractivity contribution is 5.86. The molecule has 24 heavy (non-hydrogen) atoms. The summed E-state index contributed by atoms with van der Waals surface area (Å²) in [5.41, 5.74) is 4.65. The van der Waals surface area contributed by atoms with Gasteiger partial charge < -0.3 is 10.1 Å². The van der Waals surface area contributed by atoms with Gasteiger partial charge in [0, 0.05) is 29.1 Å². The van der Waals surface area contributed by atoms with Crippen LogP contribution in [0.5, 0.6) is 0 Å². The normalized spacial score (nSPS) is 20.0. The van der Waals surface area contributed by atoms with Gasteiger partial charge in [0.15, 0.2) is 0 Å². The van der Waals surface area contributed by atoms with Crippen molar-refractivity contribution in [1.82, 2.24) is 10.3 Å². The van der Waals surface area contributed by atoms with Gasteiger partial charge in [0.05, 0.1) is 0 Å². The van der Waals surface area contributed by atoms with E-state index in [1.807, 2.05) is 30.3 Å². The molecule has 4 rings (SSSR count). The third kappa shape index (κ3) is 2.69. The molecular weight excluding hydrogens is 300 g/mol. The van der Waals surface area contributed by atoms with Crippen molar-refractivity contribution in [3.05, 3.63) is 71.4 Å². The van der Waals surface area contributed by atoms with Gasteiger partial charge >= 0.3 is 5.97 Å². The van der Waals surface area contributed by atoms with E-state index in [2.05, 4.69) is 34.6 Å². The van der Waals surface area contributed by atoms with E-state index in [1.165, 1.54) is 5.56 Å². The van der Waals surface area contributed by atoms with Crippen LogP contribution in [-0.2, 0) is 17.6 Å². The second-order valence-electron chi connectivity index (χ2n) is 6.40. The van der Waals surface area contributed by atoms with Crippen molar-refractivity contribution >= 4 is 16.9 Å². The molecule has 3 N–H and O–H groups in total. The van der Waals surface area contributed by atoms with Crippen molar-refractivity contribution in [2.24, 2.45) is 0 Å². The van der Waals surface area contributed by atoms with Crippen LogP contribution < -0.4 is 5.32 Å². The topological polar surface area (TPSA) is 65.1 Å². The largest absolute Gasteiger partial charge is 0.480 e. The summed E-state index contributed by atoms with van der Waals surface area (Å²) in [6, 6.07) is 18.0. The van der Waals surface area contributed by atoms with Gasteiger partial charge in [-0.15, -0.1) is 0 Å². The number of rotatable bonds is 4. The number of benzene rings is 2. The number of H-pyrrole nitrogens is 1. The van der Waals surface area contributed by atoms with E-state index < -0.39 is 12.0 Å². The monoisotopic (exact) mass is 320 g/mol. The molecule has 1 aliphatic rings. The van der Waals surface area contributed by atoms with Crippen molar-refractivity contribution in [1.29, 1.82) is 0 Å². The Hall–Kier alpha value is -2.59. The number of hydrogen-bond acceptors (Lipinski definition) is 2. The number of hydrogen-bond donors (Lipinski definition) is 3. The lowest BCUT2D eigenvalue weighted by atomic mass is 9.91. The molecule has 0 unspecified atom stereocenters. The summed E-state index contributed by atoms with van der Waals surface area (Å²) in [6.07, 6.45) is 2.31. The molecule has 122 valence electrons. The zero-order chi connectivity index (χ0) is 16.5. The highest BCUT2D eigenvalue weighted by Crippen LogP contribution is 2.33. The Morgan fingerprint density at radius 2 is 1.83 bits per heavy atom. The number of carboxylic acids is 1. The molecule has 3 aromatic rings. The first-order valence-electron chi connectivity index (χ1n) is 8.34. The summed E-state index contributed by atoms with van der Waals surface area (Å²) in [4.78, 5) is 15.1. The average Bonchev–Trinajstić information content (AvgIpc) is 2.99. The van der Waals surface area contributed by atoms with Crippen molar-refractivity contribution in [2.45, 2.75) is 31.3 Å². The minimum Gasteiger partial charge on any atom is -0.480 e. The van der Waals surface area contributed by atoms with Gasteiger partial charge in [-0.25, -0.2) is 0 Å². The predicted molar refractivity (Wildman–Crippen MR) is 94.1 cm³/mol. The quantitative estimate of drug-likeness (QED) is 0.690. The number of para-hydroxylation sites is 1. The van der Waals surface area contributed by atoms with E-state index in [9.17, 15) is 9.90 Å². The number of aromatic nitrogens is 1. The van der Waals surface area contributed by atoms with Crippen molar-refractivity contribution in [3.8, 4) is 0 Å². The minimum atomic E-state index is -0.782. The maximum atomic E-state index is 11.6. The van der Waals surface area contributed by atoms with Crippen LogP contribution in [0.15, 0.2) is 54.6 Å². The van der Waals surface area contributed by atoms with E-state index in [1.54, 1.807) is 0 Å². The zero-order valence-electron chi connectivity index (χ0n) is 13.3. The first-order chi connectivity index (χ1) is 11.7. The molecule has 2 heterocycles. The lowest BCUT2D eigenvalue weighted by Crippen LogP contribution is -2.44. The standard InChI is InChI=1S/C20H20N2O2/c23-20(24)18-12-15-14-8-4-5-9-16(14)22-19(15)17(21-18)11-10-13-6-2-1-3-7-13/h1-9,17-18,21-22H,10-12H2,(H,23,24)/t17-,18+/m0/s1. The molecule has 0 fully saturated rings. The van der Waals surface area contributed by atoms with Gasteiger partial charge in [-0.05, 0) is 30.0 Å². The summed E-state index contributed by atoms with van der Waals surface area (Å²) < 4.78 is 0. The van der Waals surface area contributed by atoms with Crippen LogP contribution in [0.4, 0.5) is 0 Å². The maximum Gasteiger partial charge on any atom is 0.321 e. The Balaban J connectivity index is 1.67. The van der Waals surface area contributed by atoms with Crippen molar-refractivity contribution < 1.29 is 9.90 Å². The third-order valence-electron chi connectivity index (χ3n) is 4.87. The van der Waals surface area contributed by atoms with Crippen molar-refractivity contribution in [2.75, 3.05) is 0 Å². The number of aryl methyl sites for hydroxylation is 1. The predicted octanol–water partition coefficient (Wildman–Crippen LogP) is 3.44. The molecule has 0 spiro atoms. The van der Waals surface area contributed by atoms with E-state index >= 15 is 0 Å².